The van der Waals surface area contributed by atoms with Gasteiger partial charge in [0.05, 0.1) is 6.61 Å². The number of hydrogen-bond donors (Lipinski definition) is 1. The summed E-state index contributed by atoms with van der Waals surface area (Å²) >= 11 is 0. The van der Waals surface area contributed by atoms with Gasteiger partial charge in [0.25, 0.3) is 0 Å². The highest BCUT2D eigenvalue weighted by Crippen LogP contribution is 2.14. The molecule has 1 aromatic rings. The summed E-state index contributed by atoms with van der Waals surface area (Å²) in [6.45, 7) is 8.52. The van der Waals surface area contributed by atoms with Gasteiger partial charge in [0.2, 0.25) is 0 Å². The van der Waals surface area contributed by atoms with Gasteiger partial charge in [-0.1, -0.05) is 32.4 Å². The van der Waals surface area contributed by atoms with Crippen molar-refractivity contribution in [1.82, 2.24) is 5.32 Å². The minimum absolute atomic E-state index is 0.623. The summed E-state index contributed by atoms with van der Waals surface area (Å²) in [5.41, 5.74) is 1.42. The van der Waals surface area contributed by atoms with E-state index in [4.69, 9.17) is 4.74 Å². The zero-order valence-corrected chi connectivity index (χ0v) is 13.5. The van der Waals surface area contributed by atoms with E-state index in [0.717, 1.165) is 25.3 Å². The molecule has 0 aromatic heterocycles. The van der Waals surface area contributed by atoms with Crippen molar-refractivity contribution in [3.8, 4) is 5.75 Å². The molecule has 1 rings (SSSR count). The highest BCUT2D eigenvalue weighted by atomic mass is 16.5. The lowest BCUT2D eigenvalue weighted by Gasteiger charge is -2.12. The van der Waals surface area contributed by atoms with Crippen LogP contribution in [0.25, 0.3) is 0 Å². The van der Waals surface area contributed by atoms with Crippen LogP contribution in [0, 0.1) is 0 Å². The summed E-state index contributed by atoms with van der Waals surface area (Å²) in [7, 11) is 0. The van der Waals surface area contributed by atoms with Crippen molar-refractivity contribution in [1.29, 1.82) is 0 Å². The summed E-state index contributed by atoms with van der Waals surface area (Å²) in [6, 6.07) is 9.22. The average Bonchev–Trinajstić information content (AvgIpc) is 2.46. The van der Waals surface area contributed by atoms with E-state index in [9.17, 15) is 0 Å². The summed E-state index contributed by atoms with van der Waals surface area (Å²) in [4.78, 5) is 0. The standard InChI is InChI=1S/C18H31NO/c1-4-6-10-17-11-13-18(14-12-17)20-15-8-7-9-16(3)19-5-2/h11-14,16,19H,4-10,15H2,1-3H3. The Hall–Kier alpha value is -1.02. The van der Waals surface area contributed by atoms with Crippen LogP contribution in [0.5, 0.6) is 5.75 Å². The van der Waals surface area contributed by atoms with Crippen molar-refractivity contribution >= 4 is 0 Å². The number of benzene rings is 1. The second kappa shape index (κ2) is 10.7. The van der Waals surface area contributed by atoms with E-state index in [2.05, 4.69) is 50.4 Å². The molecule has 0 spiro atoms. The summed E-state index contributed by atoms with van der Waals surface area (Å²) in [5, 5.41) is 3.44. The maximum atomic E-state index is 5.79. The Morgan fingerprint density at radius 2 is 1.80 bits per heavy atom. The molecule has 0 bridgehead atoms. The molecule has 0 amide bonds. The van der Waals surface area contributed by atoms with E-state index in [-0.39, 0.29) is 0 Å². The third-order valence-corrected chi connectivity index (χ3v) is 3.60. The fourth-order valence-electron chi connectivity index (χ4n) is 2.33. The van der Waals surface area contributed by atoms with Gasteiger partial charge in [-0.2, -0.15) is 0 Å². The lowest BCUT2D eigenvalue weighted by atomic mass is 10.1. The highest BCUT2D eigenvalue weighted by Gasteiger charge is 2.00. The van der Waals surface area contributed by atoms with Crippen LogP contribution >= 0.6 is 0 Å². The molecule has 114 valence electrons. The van der Waals surface area contributed by atoms with Gasteiger partial charge in [-0.15, -0.1) is 0 Å². The van der Waals surface area contributed by atoms with Gasteiger partial charge in [0.1, 0.15) is 5.75 Å². The first-order valence-electron chi connectivity index (χ1n) is 8.21. The molecular formula is C18H31NO. The second-order valence-corrected chi connectivity index (χ2v) is 5.55. The van der Waals surface area contributed by atoms with Crippen molar-refractivity contribution < 1.29 is 4.74 Å². The van der Waals surface area contributed by atoms with Crippen LogP contribution < -0.4 is 10.1 Å². The molecule has 0 saturated heterocycles. The molecule has 1 unspecified atom stereocenters. The predicted molar refractivity (Wildman–Crippen MR) is 87.5 cm³/mol. The van der Waals surface area contributed by atoms with Gasteiger partial charge in [-0.05, 0) is 63.3 Å². The van der Waals surface area contributed by atoms with Crippen LogP contribution in [0.3, 0.4) is 0 Å². The number of hydrogen-bond acceptors (Lipinski definition) is 2. The molecule has 0 aliphatic rings. The monoisotopic (exact) mass is 277 g/mol. The number of nitrogens with one attached hydrogen (secondary N) is 1. The molecule has 1 aromatic carbocycles. The predicted octanol–water partition coefficient (Wildman–Crippen LogP) is 4.58. The molecule has 0 radical (unpaired) electrons. The maximum Gasteiger partial charge on any atom is 0.119 e. The molecular weight excluding hydrogens is 246 g/mol. The third-order valence-electron chi connectivity index (χ3n) is 3.60. The summed E-state index contributed by atoms with van der Waals surface area (Å²) in [5.74, 6) is 1.00. The first-order chi connectivity index (χ1) is 9.76. The van der Waals surface area contributed by atoms with Crippen molar-refractivity contribution in [3.05, 3.63) is 29.8 Å². The van der Waals surface area contributed by atoms with E-state index in [1.807, 2.05) is 0 Å². The molecule has 0 heterocycles. The zero-order chi connectivity index (χ0) is 14.6. The van der Waals surface area contributed by atoms with Crippen LogP contribution in [0.1, 0.15) is 58.4 Å². The SMILES string of the molecule is CCCCc1ccc(OCCCCC(C)NCC)cc1. The Bertz CT molecular complexity index is 334. The summed E-state index contributed by atoms with van der Waals surface area (Å²) < 4.78 is 5.79. The van der Waals surface area contributed by atoms with Crippen molar-refractivity contribution in [2.24, 2.45) is 0 Å². The number of ether oxygens (including phenoxy) is 1. The van der Waals surface area contributed by atoms with Gasteiger partial charge in [-0.25, -0.2) is 0 Å². The van der Waals surface area contributed by atoms with Crippen molar-refractivity contribution in [2.75, 3.05) is 13.2 Å². The van der Waals surface area contributed by atoms with Gasteiger partial charge in [0.15, 0.2) is 0 Å². The highest BCUT2D eigenvalue weighted by molar-refractivity contribution is 5.27. The molecule has 0 saturated carbocycles. The molecule has 1 atom stereocenters. The molecule has 1 N–H and O–H groups in total. The first-order valence-corrected chi connectivity index (χ1v) is 8.21. The third kappa shape index (κ3) is 7.54. The molecule has 2 nitrogen and oxygen atoms in total. The zero-order valence-electron chi connectivity index (χ0n) is 13.5. The Balaban J connectivity index is 2.12. The first kappa shape index (κ1) is 17.0. The molecule has 0 fully saturated rings. The number of rotatable bonds is 11. The van der Waals surface area contributed by atoms with Crippen LogP contribution in [0.15, 0.2) is 24.3 Å². The Kier molecular flexibility index (Phi) is 9.14. The van der Waals surface area contributed by atoms with Gasteiger partial charge in [-0.3, -0.25) is 0 Å². The largest absolute Gasteiger partial charge is 0.494 e. The van der Waals surface area contributed by atoms with Crippen LogP contribution in [-0.2, 0) is 6.42 Å². The quantitative estimate of drug-likeness (QED) is 0.598. The second-order valence-electron chi connectivity index (χ2n) is 5.55. The Morgan fingerprint density at radius 3 is 2.45 bits per heavy atom. The van der Waals surface area contributed by atoms with Crippen LogP contribution in [0.2, 0.25) is 0 Å². The normalized spacial score (nSPS) is 12.3. The number of aryl methyl sites for hydroxylation is 1. The van der Waals surface area contributed by atoms with Gasteiger partial charge in [0, 0.05) is 6.04 Å². The Morgan fingerprint density at radius 1 is 1.05 bits per heavy atom. The minimum atomic E-state index is 0.623. The van der Waals surface area contributed by atoms with E-state index in [1.165, 1.54) is 37.7 Å². The molecule has 0 aliphatic heterocycles. The van der Waals surface area contributed by atoms with E-state index < -0.39 is 0 Å². The summed E-state index contributed by atoms with van der Waals surface area (Å²) in [6.07, 6.45) is 7.29. The minimum Gasteiger partial charge on any atom is -0.494 e. The van der Waals surface area contributed by atoms with Crippen molar-refractivity contribution in [2.45, 2.75) is 65.3 Å². The van der Waals surface area contributed by atoms with Crippen molar-refractivity contribution in [3.63, 3.8) is 0 Å². The molecule has 2 heteroatoms. The molecule has 0 aliphatic carbocycles. The fourth-order valence-corrected chi connectivity index (χ4v) is 2.33. The smallest absolute Gasteiger partial charge is 0.119 e. The number of unbranched alkanes of at least 4 members (excludes halogenated alkanes) is 2. The van der Waals surface area contributed by atoms with E-state index >= 15 is 0 Å². The van der Waals surface area contributed by atoms with E-state index in [0.29, 0.717) is 6.04 Å². The lowest BCUT2D eigenvalue weighted by Crippen LogP contribution is -2.25. The average molecular weight is 277 g/mol. The maximum absolute atomic E-state index is 5.79. The van der Waals surface area contributed by atoms with Gasteiger partial charge >= 0.3 is 0 Å². The van der Waals surface area contributed by atoms with Crippen LogP contribution in [0.4, 0.5) is 0 Å². The fraction of sp³-hybridized carbons (Fsp3) is 0.667. The molecule has 20 heavy (non-hydrogen) atoms. The lowest BCUT2D eigenvalue weighted by molar-refractivity contribution is 0.301. The van der Waals surface area contributed by atoms with Gasteiger partial charge < -0.3 is 10.1 Å². The van der Waals surface area contributed by atoms with Crippen LogP contribution in [-0.4, -0.2) is 19.2 Å². The topological polar surface area (TPSA) is 21.3 Å². The van der Waals surface area contributed by atoms with E-state index in [1.54, 1.807) is 0 Å². The Labute approximate surface area is 124 Å².